The third-order valence-electron chi connectivity index (χ3n) is 3.67. The fourth-order valence-corrected chi connectivity index (χ4v) is 3.32. The lowest BCUT2D eigenvalue weighted by Crippen LogP contribution is -2.29. The van der Waals surface area contributed by atoms with Crippen molar-refractivity contribution in [3.05, 3.63) is 48.5 Å². The van der Waals surface area contributed by atoms with Crippen LogP contribution < -0.4 is 22.9 Å². The summed E-state index contributed by atoms with van der Waals surface area (Å²) in [7, 11) is -3.48. The molecule has 27 heavy (non-hydrogen) atoms. The average Bonchev–Trinajstić information content (AvgIpc) is 2.63. The number of carboxylic acids is 1. The van der Waals surface area contributed by atoms with Crippen LogP contribution >= 0.6 is 0 Å². The van der Waals surface area contributed by atoms with Gasteiger partial charge in [-0.15, -0.1) is 0 Å². The maximum absolute atomic E-state index is 12.2. The van der Waals surface area contributed by atoms with E-state index >= 15 is 0 Å². The summed E-state index contributed by atoms with van der Waals surface area (Å²) in [4.78, 5) is 10.6. The van der Waals surface area contributed by atoms with Gasteiger partial charge in [0.2, 0.25) is 9.84 Å². The van der Waals surface area contributed by atoms with Crippen LogP contribution in [-0.2, 0) is 14.6 Å². The van der Waals surface area contributed by atoms with Gasteiger partial charge in [-0.1, -0.05) is 6.42 Å². The van der Waals surface area contributed by atoms with E-state index in [0.717, 1.165) is 12.8 Å². The summed E-state index contributed by atoms with van der Waals surface area (Å²) >= 11 is 0. The zero-order chi connectivity index (χ0) is 20.4. The number of sulfone groups is 1. The molecule has 0 heterocycles. The van der Waals surface area contributed by atoms with Crippen LogP contribution in [0.5, 0.6) is 0 Å². The molecular formula is C18H26N4O4S. The molecule has 0 fully saturated rings. The summed E-state index contributed by atoms with van der Waals surface area (Å²) in [6.07, 6.45) is 2.16. The molecule has 2 rings (SSSR count). The van der Waals surface area contributed by atoms with Crippen LogP contribution in [0, 0.1) is 0 Å². The first kappa shape index (κ1) is 22.4. The maximum atomic E-state index is 12.2. The monoisotopic (exact) mass is 394 g/mol. The minimum atomic E-state index is -3.48. The fraction of sp³-hybridized carbons (Fsp3) is 0.278. The van der Waals surface area contributed by atoms with Gasteiger partial charge in [-0.05, 0) is 67.9 Å². The molecule has 0 saturated heterocycles. The number of hydrogen-bond acceptors (Lipinski definition) is 7. The molecule has 2 aromatic carbocycles. The van der Waals surface area contributed by atoms with Crippen LogP contribution in [0.3, 0.4) is 0 Å². The molecule has 1 unspecified atom stereocenters. The molecule has 0 radical (unpaired) electrons. The quantitative estimate of drug-likeness (QED) is 0.344. The molecule has 0 saturated carbocycles. The first-order valence-corrected chi connectivity index (χ1v) is 9.81. The lowest BCUT2D eigenvalue weighted by molar-refractivity contribution is -0.138. The van der Waals surface area contributed by atoms with Crippen molar-refractivity contribution in [3.8, 4) is 0 Å². The Morgan fingerprint density at radius 3 is 1.63 bits per heavy atom. The van der Waals surface area contributed by atoms with E-state index in [0.29, 0.717) is 24.3 Å². The van der Waals surface area contributed by atoms with Gasteiger partial charge in [-0.3, -0.25) is 4.79 Å². The average molecular weight is 394 g/mol. The van der Waals surface area contributed by atoms with Crippen molar-refractivity contribution in [3.63, 3.8) is 0 Å². The Kier molecular flexibility index (Phi) is 8.73. The summed E-state index contributed by atoms with van der Waals surface area (Å²) in [6, 6.07) is 11.5. The second-order valence-electron chi connectivity index (χ2n) is 5.87. The third kappa shape index (κ3) is 7.26. The number of rotatable bonds is 7. The molecule has 1 atom stereocenters. The molecule has 0 aliphatic carbocycles. The second kappa shape index (κ2) is 10.5. The van der Waals surface area contributed by atoms with E-state index in [1.807, 2.05) is 0 Å². The summed E-state index contributed by atoms with van der Waals surface area (Å²) in [5, 5.41) is 8.33. The number of nitrogens with two attached hydrogens (primary N) is 4. The Labute approximate surface area is 159 Å². The zero-order valence-corrected chi connectivity index (χ0v) is 15.7. The molecule has 8 nitrogen and oxygen atoms in total. The molecule has 0 aromatic heterocycles. The number of hydrogen-bond donors (Lipinski definition) is 5. The highest BCUT2D eigenvalue weighted by molar-refractivity contribution is 7.91. The first-order valence-electron chi connectivity index (χ1n) is 8.33. The minimum Gasteiger partial charge on any atom is -0.480 e. The van der Waals surface area contributed by atoms with E-state index < -0.39 is 21.8 Å². The van der Waals surface area contributed by atoms with Crippen LogP contribution in [-0.4, -0.2) is 32.1 Å². The number of carboxylic acid groups (broad SMARTS) is 1. The van der Waals surface area contributed by atoms with Gasteiger partial charge < -0.3 is 28.0 Å². The van der Waals surface area contributed by atoms with Crippen molar-refractivity contribution >= 4 is 27.2 Å². The predicted molar refractivity (Wildman–Crippen MR) is 106 cm³/mol. The summed E-state index contributed by atoms with van der Waals surface area (Å²) in [5.41, 5.74) is 22.5. The number of unbranched alkanes of at least 4 members (excludes halogenated alkanes) is 1. The van der Waals surface area contributed by atoms with Gasteiger partial charge in [0.25, 0.3) is 0 Å². The lowest BCUT2D eigenvalue weighted by Gasteiger charge is -2.05. The minimum absolute atomic E-state index is 0.219. The van der Waals surface area contributed by atoms with E-state index in [1.54, 1.807) is 24.3 Å². The predicted octanol–water partition coefficient (Wildman–Crippen LogP) is 1.21. The van der Waals surface area contributed by atoms with Crippen molar-refractivity contribution in [2.75, 3.05) is 18.0 Å². The highest BCUT2D eigenvalue weighted by Gasteiger charge is 2.16. The normalized spacial score (nSPS) is 11.9. The Morgan fingerprint density at radius 1 is 0.889 bits per heavy atom. The Bertz CT molecular complexity index is 770. The van der Waals surface area contributed by atoms with E-state index in [2.05, 4.69) is 0 Å². The molecular weight excluding hydrogens is 368 g/mol. The van der Waals surface area contributed by atoms with E-state index in [-0.39, 0.29) is 9.79 Å². The summed E-state index contributed by atoms with van der Waals surface area (Å²) in [6.45, 7) is 0.604. The summed E-state index contributed by atoms with van der Waals surface area (Å²) in [5.74, 6) is -0.933. The summed E-state index contributed by atoms with van der Waals surface area (Å²) < 4.78 is 24.3. The molecule has 0 spiro atoms. The maximum Gasteiger partial charge on any atom is 0.320 e. The molecule has 2 aromatic rings. The zero-order valence-electron chi connectivity index (χ0n) is 14.9. The number of anilines is 2. The van der Waals surface area contributed by atoms with E-state index in [9.17, 15) is 13.2 Å². The van der Waals surface area contributed by atoms with Gasteiger partial charge in [0, 0.05) is 11.4 Å². The van der Waals surface area contributed by atoms with Gasteiger partial charge in [0.15, 0.2) is 0 Å². The topological polar surface area (TPSA) is 176 Å². The SMILES string of the molecule is NCCCCC(N)C(=O)O.Nc1ccc(S(=O)(=O)c2ccc(N)cc2)cc1. The molecule has 148 valence electrons. The fourth-order valence-electron chi connectivity index (χ4n) is 2.06. The first-order chi connectivity index (χ1) is 12.7. The number of aliphatic carboxylic acids is 1. The highest BCUT2D eigenvalue weighted by Crippen LogP contribution is 2.22. The molecule has 0 aliphatic rings. The van der Waals surface area contributed by atoms with Gasteiger partial charge in [-0.2, -0.15) is 0 Å². The van der Waals surface area contributed by atoms with Gasteiger partial charge >= 0.3 is 5.97 Å². The van der Waals surface area contributed by atoms with Crippen molar-refractivity contribution in [2.24, 2.45) is 11.5 Å². The van der Waals surface area contributed by atoms with Crippen LogP contribution in [0.1, 0.15) is 19.3 Å². The van der Waals surface area contributed by atoms with Crippen LogP contribution in [0.25, 0.3) is 0 Å². The van der Waals surface area contributed by atoms with Crippen molar-refractivity contribution in [1.29, 1.82) is 0 Å². The molecule has 0 aliphatic heterocycles. The largest absolute Gasteiger partial charge is 0.480 e. The van der Waals surface area contributed by atoms with Gasteiger partial charge in [0.05, 0.1) is 9.79 Å². The third-order valence-corrected chi connectivity index (χ3v) is 5.45. The van der Waals surface area contributed by atoms with E-state index in [4.69, 9.17) is 28.0 Å². The standard InChI is InChI=1S/C12H12N2O2S.C6H14N2O2/c13-9-1-5-11(6-2-9)17(15,16)12-7-3-10(14)4-8-12;7-4-2-1-3-5(8)6(9)10/h1-8H,13-14H2;5H,1-4,7-8H2,(H,9,10). The van der Waals surface area contributed by atoms with Gasteiger partial charge in [-0.25, -0.2) is 8.42 Å². The number of benzene rings is 2. The lowest BCUT2D eigenvalue weighted by atomic mass is 10.1. The highest BCUT2D eigenvalue weighted by atomic mass is 32.2. The molecule has 0 amide bonds. The smallest absolute Gasteiger partial charge is 0.320 e. The van der Waals surface area contributed by atoms with Crippen LogP contribution in [0.2, 0.25) is 0 Å². The Balaban J connectivity index is 0.000000314. The molecule has 9 N–H and O–H groups in total. The molecule has 9 heteroatoms. The van der Waals surface area contributed by atoms with Crippen molar-refractivity contribution in [2.45, 2.75) is 35.1 Å². The Morgan fingerprint density at radius 2 is 1.30 bits per heavy atom. The van der Waals surface area contributed by atoms with Gasteiger partial charge in [0.1, 0.15) is 6.04 Å². The van der Waals surface area contributed by atoms with Crippen LogP contribution in [0.15, 0.2) is 58.3 Å². The van der Waals surface area contributed by atoms with E-state index in [1.165, 1.54) is 24.3 Å². The van der Waals surface area contributed by atoms with Crippen LogP contribution in [0.4, 0.5) is 11.4 Å². The number of carbonyl (C=O) groups is 1. The second-order valence-corrected chi connectivity index (χ2v) is 7.82. The number of nitrogen functional groups attached to an aromatic ring is 2. The molecule has 0 bridgehead atoms. The van der Waals surface area contributed by atoms with Crippen molar-refractivity contribution < 1.29 is 18.3 Å². The Hall–Kier alpha value is -2.62. The van der Waals surface area contributed by atoms with Crippen molar-refractivity contribution in [1.82, 2.24) is 0 Å².